The van der Waals surface area contributed by atoms with Gasteiger partial charge in [-0.1, -0.05) is 31.4 Å². The van der Waals surface area contributed by atoms with Gasteiger partial charge in [0.2, 0.25) is 5.91 Å². The lowest BCUT2D eigenvalue weighted by molar-refractivity contribution is -0.127. The number of carbonyl (C=O) groups is 2. The van der Waals surface area contributed by atoms with Crippen molar-refractivity contribution >= 4 is 29.7 Å². The summed E-state index contributed by atoms with van der Waals surface area (Å²) in [6.45, 7) is 3.84. The Hall–Kier alpha value is -2.41. The quantitative estimate of drug-likeness (QED) is 0.550. The molecule has 2 amide bonds. The average Bonchev–Trinajstić information content (AvgIpc) is 3.16. The number of unbranched alkanes of at least 4 members (excludes halogenated alkanes) is 1. The zero-order valence-corrected chi connectivity index (χ0v) is 19.2. The van der Waals surface area contributed by atoms with Crippen molar-refractivity contribution in [3.63, 3.8) is 0 Å². The number of amides is 2. The van der Waals surface area contributed by atoms with Crippen molar-refractivity contribution in [2.45, 2.75) is 51.1 Å². The van der Waals surface area contributed by atoms with Crippen molar-refractivity contribution in [1.29, 1.82) is 0 Å². The summed E-state index contributed by atoms with van der Waals surface area (Å²) in [4.78, 5) is 28.6. The molecule has 0 spiro atoms. The molecule has 2 saturated heterocycles. The van der Waals surface area contributed by atoms with Gasteiger partial charge in [0.1, 0.15) is 6.61 Å². The van der Waals surface area contributed by atoms with E-state index in [-0.39, 0.29) is 24.1 Å². The normalized spacial score (nSPS) is 19.7. The first kappa shape index (κ1) is 23.3. The Kier molecular flexibility index (Phi) is 8.07. The molecule has 2 aliphatic heterocycles. The number of rotatable bonds is 8. The molecule has 0 saturated carbocycles. The smallest absolute Gasteiger partial charge is 0.410 e. The molecule has 0 aliphatic carbocycles. The van der Waals surface area contributed by atoms with Gasteiger partial charge >= 0.3 is 6.09 Å². The Morgan fingerprint density at radius 3 is 2.65 bits per heavy atom. The fourth-order valence-corrected chi connectivity index (χ4v) is 4.54. The van der Waals surface area contributed by atoms with E-state index >= 15 is 0 Å². The lowest BCUT2D eigenvalue weighted by atomic mass is 10.00. The van der Waals surface area contributed by atoms with Crippen LogP contribution in [0.25, 0.3) is 6.08 Å². The maximum Gasteiger partial charge on any atom is 0.410 e. The summed E-state index contributed by atoms with van der Waals surface area (Å²) >= 11 is 6.39. The van der Waals surface area contributed by atoms with Crippen LogP contribution in [0.1, 0.15) is 44.6 Å². The number of cyclic esters (lactones) is 1. The molecule has 1 aromatic carbocycles. The summed E-state index contributed by atoms with van der Waals surface area (Å²) in [5.41, 5.74) is 0.682. The predicted octanol–water partition coefficient (Wildman–Crippen LogP) is 4.37. The molecule has 3 rings (SSSR count). The van der Waals surface area contributed by atoms with Gasteiger partial charge < -0.3 is 19.1 Å². The third kappa shape index (κ3) is 5.26. The minimum Gasteiger partial charge on any atom is -0.493 e. The molecule has 170 valence electrons. The van der Waals surface area contributed by atoms with Crippen molar-refractivity contribution < 1.29 is 23.8 Å². The highest BCUT2D eigenvalue weighted by molar-refractivity contribution is 6.33. The van der Waals surface area contributed by atoms with E-state index in [0.717, 1.165) is 32.1 Å². The highest BCUT2D eigenvalue weighted by Gasteiger charge is 2.39. The van der Waals surface area contributed by atoms with E-state index in [4.69, 9.17) is 25.8 Å². The van der Waals surface area contributed by atoms with Gasteiger partial charge in [-0.3, -0.25) is 9.69 Å². The van der Waals surface area contributed by atoms with Crippen LogP contribution in [-0.4, -0.2) is 67.8 Å². The molecular weight excluding hydrogens is 420 g/mol. The number of methoxy groups -OCH3 is 2. The van der Waals surface area contributed by atoms with Gasteiger partial charge in [0, 0.05) is 25.2 Å². The molecule has 7 nitrogen and oxygen atoms in total. The second kappa shape index (κ2) is 10.8. The van der Waals surface area contributed by atoms with Gasteiger partial charge in [0.05, 0.1) is 25.3 Å². The van der Waals surface area contributed by atoms with Crippen LogP contribution in [-0.2, 0) is 9.53 Å². The Labute approximate surface area is 188 Å². The highest BCUT2D eigenvalue weighted by atomic mass is 35.5. The van der Waals surface area contributed by atoms with Gasteiger partial charge in [-0.15, -0.1) is 0 Å². The van der Waals surface area contributed by atoms with Crippen molar-refractivity contribution in [2.24, 2.45) is 0 Å². The van der Waals surface area contributed by atoms with Crippen LogP contribution in [0.3, 0.4) is 0 Å². The summed E-state index contributed by atoms with van der Waals surface area (Å²) in [7, 11) is 3.07. The third-order valence-electron chi connectivity index (χ3n) is 5.98. The number of hydrogen-bond donors (Lipinski definition) is 0. The molecule has 0 bridgehead atoms. The molecule has 0 radical (unpaired) electrons. The molecule has 1 unspecified atom stereocenters. The molecule has 31 heavy (non-hydrogen) atoms. The maximum atomic E-state index is 12.7. The molecule has 1 aromatic rings. The van der Waals surface area contributed by atoms with Crippen LogP contribution in [0.15, 0.2) is 18.2 Å². The Morgan fingerprint density at radius 2 is 2.00 bits per heavy atom. The van der Waals surface area contributed by atoms with Crippen molar-refractivity contribution in [1.82, 2.24) is 9.80 Å². The number of halogens is 1. The minimum atomic E-state index is -0.214. The van der Waals surface area contributed by atoms with E-state index in [0.29, 0.717) is 41.8 Å². The Bertz CT molecular complexity index is 820. The van der Waals surface area contributed by atoms with Gasteiger partial charge in [-0.2, -0.15) is 0 Å². The summed E-state index contributed by atoms with van der Waals surface area (Å²) in [6, 6.07) is 3.83. The van der Waals surface area contributed by atoms with Gasteiger partial charge in [0.15, 0.2) is 11.5 Å². The molecule has 2 heterocycles. The number of ether oxygens (including phenoxy) is 3. The summed E-state index contributed by atoms with van der Waals surface area (Å²) in [5, 5.41) is 0.398. The SMILES string of the molecule is CCCCC1COC(=O)N1C1CCN(C(=O)C=Cc2ccc(OC)c(OC)c2Cl)CC1. The van der Waals surface area contributed by atoms with Crippen molar-refractivity contribution in [3.05, 3.63) is 28.8 Å². The second-order valence-electron chi connectivity index (χ2n) is 7.87. The number of nitrogens with zero attached hydrogens (tertiary/aromatic N) is 2. The number of hydrogen-bond acceptors (Lipinski definition) is 5. The molecule has 2 fully saturated rings. The fraction of sp³-hybridized carbons (Fsp3) is 0.565. The monoisotopic (exact) mass is 450 g/mol. The molecule has 1 atom stereocenters. The van der Waals surface area contributed by atoms with Crippen LogP contribution in [0.4, 0.5) is 4.79 Å². The van der Waals surface area contributed by atoms with E-state index in [1.165, 1.54) is 13.2 Å². The molecule has 0 N–H and O–H groups in total. The summed E-state index contributed by atoms with van der Waals surface area (Å²) in [5.74, 6) is 0.904. The number of benzene rings is 1. The average molecular weight is 451 g/mol. The maximum absolute atomic E-state index is 12.7. The first-order chi connectivity index (χ1) is 15.0. The first-order valence-corrected chi connectivity index (χ1v) is 11.2. The fourth-order valence-electron chi connectivity index (χ4n) is 4.24. The number of piperidine rings is 1. The van der Waals surface area contributed by atoms with E-state index in [2.05, 4.69) is 6.92 Å². The van der Waals surface area contributed by atoms with E-state index in [1.54, 1.807) is 25.3 Å². The van der Waals surface area contributed by atoms with Crippen molar-refractivity contribution in [2.75, 3.05) is 33.9 Å². The zero-order valence-electron chi connectivity index (χ0n) is 18.4. The second-order valence-corrected chi connectivity index (χ2v) is 8.25. The molecular formula is C23H31ClN2O5. The largest absolute Gasteiger partial charge is 0.493 e. The van der Waals surface area contributed by atoms with Crippen LogP contribution in [0, 0.1) is 0 Å². The first-order valence-electron chi connectivity index (χ1n) is 10.8. The highest BCUT2D eigenvalue weighted by Crippen LogP contribution is 2.37. The Balaban J connectivity index is 1.59. The summed E-state index contributed by atoms with van der Waals surface area (Å²) in [6.07, 6.45) is 7.67. The van der Waals surface area contributed by atoms with E-state index in [9.17, 15) is 9.59 Å². The topological polar surface area (TPSA) is 68.3 Å². The summed E-state index contributed by atoms with van der Waals surface area (Å²) < 4.78 is 15.8. The third-order valence-corrected chi connectivity index (χ3v) is 6.37. The van der Waals surface area contributed by atoms with Crippen LogP contribution in [0.5, 0.6) is 11.5 Å². The molecule has 0 aromatic heterocycles. The Morgan fingerprint density at radius 1 is 1.26 bits per heavy atom. The van der Waals surface area contributed by atoms with Crippen LogP contribution >= 0.6 is 11.6 Å². The minimum absolute atomic E-state index is 0.0733. The lowest BCUT2D eigenvalue weighted by Gasteiger charge is -2.37. The van der Waals surface area contributed by atoms with Gasteiger partial charge in [0.25, 0.3) is 0 Å². The standard InChI is InChI=1S/C23H31ClN2O5/c1-4-5-6-18-15-31-23(28)26(18)17-11-13-25(14-12-17)20(27)10-8-16-7-9-19(29-2)22(30-3)21(16)24/h7-10,17-18H,4-6,11-15H2,1-3H3. The van der Waals surface area contributed by atoms with Crippen molar-refractivity contribution in [3.8, 4) is 11.5 Å². The number of carbonyl (C=O) groups excluding carboxylic acids is 2. The van der Waals surface area contributed by atoms with Crippen LogP contribution < -0.4 is 9.47 Å². The van der Waals surface area contributed by atoms with Gasteiger partial charge in [-0.05, 0) is 43.0 Å². The van der Waals surface area contributed by atoms with E-state index < -0.39 is 0 Å². The zero-order chi connectivity index (χ0) is 22.4. The number of likely N-dealkylation sites (tertiary alicyclic amines) is 1. The van der Waals surface area contributed by atoms with E-state index in [1.807, 2.05) is 9.80 Å². The lowest BCUT2D eigenvalue weighted by Crippen LogP contribution is -2.49. The van der Waals surface area contributed by atoms with Crippen LogP contribution in [0.2, 0.25) is 5.02 Å². The molecule has 8 heteroatoms. The van der Waals surface area contributed by atoms with Gasteiger partial charge in [-0.25, -0.2) is 4.79 Å². The molecule has 2 aliphatic rings. The predicted molar refractivity (Wildman–Crippen MR) is 120 cm³/mol.